The van der Waals surface area contributed by atoms with E-state index in [1.807, 2.05) is 37.3 Å². The van der Waals surface area contributed by atoms with Crippen molar-refractivity contribution in [1.29, 1.82) is 0 Å². The van der Waals surface area contributed by atoms with Gasteiger partial charge in [-0.15, -0.1) is 0 Å². The van der Waals surface area contributed by atoms with Crippen LogP contribution in [0, 0.1) is 6.92 Å². The van der Waals surface area contributed by atoms with Crippen molar-refractivity contribution >= 4 is 28.4 Å². The topological polar surface area (TPSA) is 93.4 Å². The van der Waals surface area contributed by atoms with Gasteiger partial charge >= 0.3 is 0 Å². The number of hydrogen-bond acceptors (Lipinski definition) is 4. The van der Waals surface area contributed by atoms with Crippen LogP contribution in [0.1, 0.15) is 21.5 Å². The summed E-state index contributed by atoms with van der Waals surface area (Å²) in [5.41, 5.74) is 9.33. The molecule has 0 aliphatic rings. The predicted octanol–water partition coefficient (Wildman–Crippen LogP) is 2.14. The van der Waals surface area contributed by atoms with Gasteiger partial charge < -0.3 is 11.1 Å². The zero-order valence-electron chi connectivity index (χ0n) is 16.6. The van der Waals surface area contributed by atoms with Gasteiger partial charge in [-0.1, -0.05) is 53.5 Å². The number of nitrogen functional groups attached to an aromatic ring is 1. The Morgan fingerprint density at radius 1 is 1.27 bits per heavy atom. The molecular formula is C23H22N5O2+. The number of nitrogens with two attached hydrogens (primary N) is 1. The molecule has 3 heterocycles. The Morgan fingerprint density at radius 3 is 2.77 bits per heavy atom. The van der Waals surface area contributed by atoms with Gasteiger partial charge in [0.05, 0.1) is 6.54 Å². The summed E-state index contributed by atoms with van der Waals surface area (Å²) in [6.07, 6.45) is 3.30. The largest absolute Gasteiger partial charge is 0.348 e. The fourth-order valence-electron chi connectivity index (χ4n) is 3.38. The maximum absolute atomic E-state index is 13.1. The van der Waals surface area contributed by atoms with E-state index in [4.69, 9.17) is 5.73 Å². The Bertz CT molecular complexity index is 1340. The third kappa shape index (κ3) is 3.41. The van der Waals surface area contributed by atoms with Gasteiger partial charge in [0.1, 0.15) is 10.9 Å². The van der Waals surface area contributed by atoms with Crippen LogP contribution in [0.2, 0.25) is 0 Å². The number of aryl methyl sites for hydroxylation is 1. The molecule has 0 aliphatic carbocycles. The molecule has 0 spiro atoms. The van der Waals surface area contributed by atoms with Crippen LogP contribution in [-0.4, -0.2) is 15.3 Å². The molecule has 7 heteroatoms. The molecule has 4 rings (SSSR count). The first-order chi connectivity index (χ1) is 14.5. The Balaban J connectivity index is 1.81. The Hall–Kier alpha value is -4.00. The third-order valence-corrected chi connectivity index (χ3v) is 4.99. The number of hydrogen-bond donors (Lipinski definition) is 2. The van der Waals surface area contributed by atoms with Crippen LogP contribution < -0.4 is 21.2 Å². The number of rotatable bonds is 5. The van der Waals surface area contributed by atoms with Gasteiger partial charge in [0, 0.05) is 12.7 Å². The van der Waals surface area contributed by atoms with E-state index in [1.165, 1.54) is 10.5 Å². The van der Waals surface area contributed by atoms with Gasteiger partial charge in [-0.3, -0.25) is 14.0 Å². The third-order valence-electron chi connectivity index (χ3n) is 4.99. The number of fused-ring (bicyclic) bond motifs is 2. The maximum atomic E-state index is 13.1. The zero-order valence-corrected chi connectivity index (χ0v) is 16.6. The van der Waals surface area contributed by atoms with Gasteiger partial charge in [-0.25, -0.2) is 4.57 Å². The molecule has 0 aliphatic heterocycles. The quantitative estimate of drug-likeness (QED) is 0.305. The van der Waals surface area contributed by atoms with Gasteiger partial charge in [0.15, 0.2) is 0 Å². The molecule has 4 aromatic rings. The van der Waals surface area contributed by atoms with Crippen LogP contribution in [0.5, 0.6) is 0 Å². The van der Waals surface area contributed by atoms with E-state index >= 15 is 0 Å². The molecule has 0 bridgehead atoms. The molecule has 3 N–H and O–H groups in total. The van der Waals surface area contributed by atoms with E-state index < -0.39 is 0 Å². The molecule has 1 amide bonds. The summed E-state index contributed by atoms with van der Waals surface area (Å²) in [6, 6.07) is 14.7. The molecule has 0 atom stereocenters. The number of nitrogens with one attached hydrogen (secondary N) is 1. The first-order valence-electron chi connectivity index (χ1n) is 9.57. The van der Waals surface area contributed by atoms with Gasteiger partial charge in [0.2, 0.25) is 11.5 Å². The summed E-state index contributed by atoms with van der Waals surface area (Å²) in [6.45, 7) is 6.44. The lowest BCUT2D eigenvalue weighted by atomic mass is 10.1. The van der Waals surface area contributed by atoms with Crippen LogP contribution in [0.25, 0.3) is 16.7 Å². The SMILES string of the molecule is C=CC[n+]1c(N)c(C(=O)NCc2ccc(C)cc2)cc2c(=O)n3ccccc3nc21. The minimum Gasteiger partial charge on any atom is -0.348 e. The highest BCUT2D eigenvalue weighted by atomic mass is 16.1. The Morgan fingerprint density at radius 2 is 2.03 bits per heavy atom. The fraction of sp³-hybridized carbons (Fsp3) is 0.130. The molecule has 3 aromatic heterocycles. The van der Waals surface area contributed by atoms with Crippen LogP contribution in [-0.2, 0) is 13.1 Å². The lowest BCUT2D eigenvalue weighted by Crippen LogP contribution is -2.42. The number of anilines is 1. The Labute approximate surface area is 173 Å². The first kappa shape index (κ1) is 19.3. The molecule has 0 unspecified atom stereocenters. The summed E-state index contributed by atoms with van der Waals surface area (Å²) in [5.74, 6) is -0.124. The molecule has 30 heavy (non-hydrogen) atoms. The molecule has 150 valence electrons. The minimum atomic E-state index is -0.356. The lowest BCUT2D eigenvalue weighted by Gasteiger charge is -2.11. The van der Waals surface area contributed by atoms with Crippen molar-refractivity contribution in [2.75, 3.05) is 5.73 Å². The molecule has 0 saturated carbocycles. The molecule has 0 fully saturated rings. The molecule has 7 nitrogen and oxygen atoms in total. The number of allylic oxidation sites excluding steroid dienone is 1. The number of amides is 1. The van der Waals surface area contributed by atoms with E-state index in [0.29, 0.717) is 29.8 Å². The smallest absolute Gasteiger partial charge is 0.278 e. The summed E-state index contributed by atoms with van der Waals surface area (Å²) in [7, 11) is 0. The maximum Gasteiger partial charge on any atom is 0.278 e. The second-order valence-corrected chi connectivity index (χ2v) is 7.09. The number of carbonyl (C=O) groups excluding carboxylic acids is 1. The fourth-order valence-corrected chi connectivity index (χ4v) is 3.38. The van der Waals surface area contributed by atoms with Crippen molar-refractivity contribution in [3.05, 3.63) is 94.4 Å². The minimum absolute atomic E-state index is 0.228. The second-order valence-electron chi connectivity index (χ2n) is 7.09. The Kier molecular flexibility index (Phi) is 5.02. The summed E-state index contributed by atoms with van der Waals surface area (Å²) >= 11 is 0. The molecular weight excluding hydrogens is 378 g/mol. The van der Waals surface area contributed by atoms with E-state index in [2.05, 4.69) is 16.9 Å². The standard InChI is InChI=1S/C23H21N5O2/c1-3-11-28-20(24)17(22(29)25-14-16-9-7-15(2)8-10-16)13-18-21(28)26-19-6-4-5-12-27(19)23(18)30/h3-10,12-13,24H,1,11,14H2,2H3,(H,25,29)/p+1. The van der Waals surface area contributed by atoms with Crippen molar-refractivity contribution in [1.82, 2.24) is 14.7 Å². The lowest BCUT2D eigenvalue weighted by molar-refractivity contribution is -0.648. The highest BCUT2D eigenvalue weighted by Crippen LogP contribution is 2.15. The molecule has 0 radical (unpaired) electrons. The molecule has 0 saturated heterocycles. The number of carbonyl (C=O) groups is 1. The van der Waals surface area contributed by atoms with Crippen LogP contribution in [0.15, 0.2) is 72.2 Å². The van der Waals surface area contributed by atoms with E-state index in [-0.39, 0.29) is 22.8 Å². The van der Waals surface area contributed by atoms with Crippen molar-refractivity contribution in [2.45, 2.75) is 20.0 Å². The second kappa shape index (κ2) is 7.79. The normalized spacial score (nSPS) is 11.0. The van der Waals surface area contributed by atoms with Crippen molar-refractivity contribution in [3.8, 4) is 0 Å². The van der Waals surface area contributed by atoms with E-state index in [1.54, 1.807) is 29.0 Å². The highest BCUT2D eigenvalue weighted by Gasteiger charge is 2.23. The van der Waals surface area contributed by atoms with Crippen LogP contribution >= 0.6 is 0 Å². The van der Waals surface area contributed by atoms with Crippen molar-refractivity contribution in [3.63, 3.8) is 0 Å². The van der Waals surface area contributed by atoms with Gasteiger partial charge in [-0.05, 0) is 30.7 Å². The van der Waals surface area contributed by atoms with Gasteiger partial charge in [-0.2, -0.15) is 0 Å². The predicted molar refractivity (Wildman–Crippen MR) is 116 cm³/mol. The number of aromatic nitrogens is 3. The van der Waals surface area contributed by atoms with E-state index in [0.717, 1.165) is 11.1 Å². The monoisotopic (exact) mass is 400 g/mol. The first-order valence-corrected chi connectivity index (χ1v) is 9.57. The number of pyridine rings is 2. The highest BCUT2D eigenvalue weighted by molar-refractivity contribution is 6.00. The number of nitrogens with zero attached hydrogens (tertiary/aromatic N) is 3. The van der Waals surface area contributed by atoms with E-state index in [9.17, 15) is 9.59 Å². The average molecular weight is 400 g/mol. The molecule has 1 aromatic carbocycles. The van der Waals surface area contributed by atoms with Crippen molar-refractivity contribution < 1.29 is 9.36 Å². The zero-order chi connectivity index (χ0) is 21.3. The average Bonchev–Trinajstić information content (AvgIpc) is 2.75. The van der Waals surface area contributed by atoms with Crippen LogP contribution in [0.3, 0.4) is 0 Å². The summed E-state index contributed by atoms with van der Waals surface area (Å²) < 4.78 is 3.09. The number of benzene rings is 1. The summed E-state index contributed by atoms with van der Waals surface area (Å²) in [4.78, 5) is 30.6. The summed E-state index contributed by atoms with van der Waals surface area (Å²) in [5, 5.41) is 3.19. The van der Waals surface area contributed by atoms with Gasteiger partial charge in [0.25, 0.3) is 17.1 Å². The van der Waals surface area contributed by atoms with Crippen molar-refractivity contribution in [2.24, 2.45) is 0 Å². The van der Waals surface area contributed by atoms with Crippen LogP contribution in [0.4, 0.5) is 5.82 Å².